The van der Waals surface area contributed by atoms with E-state index in [4.69, 9.17) is 4.52 Å². The molecule has 0 radical (unpaired) electrons. The first-order valence-electron chi connectivity index (χ1n) is 10.1. The van der Waals surface area contributed by atoms with Crippen LogP contribution < -0.4 is 0 Å². The highest BCUT2D eigenvalue weighted by molar-refractivity contribution is 7.13. The molecule has 0 atom stereocenters. The van der Waals surface area contributed by atoms with E-state index in [1.165, 1.54) is 5.39 Å². The zero-order valence-corrected chi connectivity index (χ0v) is 17.6. The first kappa shape index (κ1) is 19.0. The number of aryl methyl sites for hydroxylation is 1. The Hall–Kier alpha value is -2.97. The zero-order chi connectivity index (χ0) is 20.5. The average Bonchev–Trinajstić information content (AvgIpc) is 3.50. The van der Waals surface area contributed by atoms with Crippen molar-refractivity contribution in [2.24, 2.45) is 0 Å². The molecule has 1 aromatic carbocycles. The molecule has 154 valence electrons. The number of amides is 1. The average molecular weight is 422 g/mol. The smallest absolute Gasteiger partial charge is 0.242 e. The minimum Gasteiger partial charge on any atom is -0.339 e. The van der Waals surface area contributed by atoms with E-state index in [-0.39, 0.29) is 5.91 Å². The number of carbonyl (C=O) groups excluding carboxylic acids is 1. The molecule has 1 aliphatic rings. The molecule has 1 fully saturated rings. The molecule has 4 aromatic rings. The van der Waals surface area contributed by atoms with Gasteiger partial charge in [0, 0.05) is 37.4 Å². The molecule has 1 amide bonds. The third-order valence-corrected chi connectivity index (χ3v) is 6.47. The third-order valence-electron chi connectivity index (χ3n) is 5.60. The Morgan fingerprint density at radius 1 is 1.13 bits per heavy atom. The molecule has 7 nitrogen and oxygen atoms in total. The number of carbonyl (C=O) groups is 1. The highest BCUT2D eigenvalue weighted by Crippen LogP contribution is 2.22. The van der Waals surface area contributed by atoms with Gasteiger partial charge in [-0.3, -0.25) is 9.69 Å². The fourth-order valence-corrected chi connectivity index (χ4v) is 4.61. The Morgan fingerprint density at radius 3 is 2.77 bits per heavy atom. The van der Waals surface area contributed by atoms with Crippen LogP contribution in [0.5, 0.6) is 0 Å². The Balaban J connectivity index is 1.18. The third kappa shape index (κ3) is 3.76. The van der Waals surface area contributed by atoms with Crippen molar-refractivity contribution in [3.8, 4) is 10.7 Å². The summed E-state index contributed by atoms with van der Waals surface area (Å²) in [5.74, 6) is 1.42. The Labute approximate surface area is 178 Å². The summed E-state index contributed by atoms with van der Waals surface area (Å²) < 4.78 is 7.52. The van der Waals surface area contributed by atoms with Crippen LogP contribution in [-0.4, -0.2) is 56.6 Å². The van der Waals surface area contributed by atoms with E-state index < -0.39 is 0 Å². The highest BCUT2D eigenvalue weighted by atomic mass is 32.1. The van der Waals surface area contributed by atoms with Crippen LogP contribution >= 0.6 is 11.3 Å². The second kappa shape index (κ2) is 8.04. The van der Waals surface area contributed by atoms with E-state index in [0.717, 1.165) is 29.2 Å². The van der Waals surface area contributed by atoms with Gasteiger partial charge >= 0.3 is 0 Å². The summed E-state index contributed by atoms with van der Waals surface area (Å²) in [5, 5.41) is 7.25. The van der Waals surface area contributed by atoms with Crippen molar-refractivity contribution < 1.29 is 9.32 Å². The van der Waals surface area contributed by atoms with Crippen molar-refractivity contribution in [2.45, 2.75) is 20.0 Å². The predicted octanol–water partition coefficient (Wildman–Crippen LogP) is 3.41. The first-order chi connectivity index (χ1) is 14.7. The number of hydrogen-bond acceptors (Lipinski definition) is 6. The normalized spacial score (nSPS) is 15.2. The summed E-state index contributed by atoms with van der Waals surface area (Å²) in [6.07, 6.45) is 0. The lowest BCUT2D eigenvalue weighted by molar-refractivity contribution is -0.133. The summed E-state index contributed by atoms with van der Waals surface area (Å²) in [6, 6.07) is 14.3. The van der Waals surface area contributed by atoms with Crippen molar-refractivity contribution in [3.05, 3.63) is 59.4 Å². The van der Waals surface area contributed by atoms with Gasteiger partial charge in [-0.2, -0.15) is 4.98 Å². The van der Waals surface area contributed by atoms with Crippen LogP contribution in [0.4, 0.5) is 0 Å². The largest absolute Gasteiger partial charge is 0.339 e. The molecule has 0 bridgehead atoms. The van der Waals surface area contributed by atoms with Gasteiger partial charge in [0.05, 0.1) is 11.4 Å². The quantitative estimate of drug-likeness (QED) is 0.494. The van der Waals surface area contributed by atoms with Crippen LogP contribution in [0.1, 0.15) is 11.6 Å². The van der Waals surface area contributed by atoms with Crippen LogP contribution in [-0.2, 0) is 17.9 Å². The highest BCUT2D eigenvalue weighted by Gasteiger charge is 2.23. The van der Waals surface area contributed by atoms with Gasteiger partial charge in [0.25, 0.3) is 0 Å². The number of benzene rings is 1. The number of aromatic nitrogens is 3. The lowest BCUT2D eigenvalue weighted by atomic mass is 10.2. The van der Waals surface area contributed by atoms with Gasteiger partial charge in [0.2, 0.25) is 17.6 Å². The molecule has 0 saturated carbocycles. The van der Waals surface area contributed by atoms with Gasteiger partial charge < -0.3 is 14.0 Å². The lowest BCUT2D eigenvalue weighted by Gasteiger charge is -2.34. The van der Waals surface area contributed by atoms with E-state index in [2.05, 4.69) is 44.7 Å². The van der Waals surface area contributed by atoms with Gasteiger partial charge in [-0.25, -0.2) is 0 Å². The van der Waals surface area contributed by atoms with Crippen LogP contribution in [0.3, 0.4) is 0 Å². The fraction of sp³-hybridized carbons (Fsp3) is 0.318. The minimum atomic E-state index is 0.164. The van der Waals surface area contributed by atoms with Crippen LogP contribution in [0.2, 0.25) is 0 Å². The Bertz CT molecular complexity index is 1160. The second-order valence-corrected chi connectivity index (χ2v) is 8.52. The number of piperazine rings is 1. The van der Waals surface area contributed by atoms with Crippen LogP contribution in [0, 0.1) is 6.92 Å². The van der Waals surface area contributed by atoms with E-state index in [1.807, 2.05) is 34.5 Å². The monoisotopic (exact) mass is 421 g/mol. The first-order valence-corrected chi connectivity index (χ1v) is 11.0. The zero-order valence-electron chi connectivity index (χ0n) is 16.8. The van der Waals surface area contributed by atoms with Gasteiger partial charge in [-0.05, 0) is 35.9 Å². The molecule has 0 spiro atoms. The minimum absolute atomic E-state index is 0.164. The molecule has 30 heavy (non-hydrogen) atoms. The van der Waals surface area contributed by atoms with Gasteiger partial charge in [-0.15, -0.1) is 11.3 Å². The molecule has 1 saturated heterocycles. The van der Waals surface area contributed by atoms with Gasteiger partial charge in [0.15, 0.2) is 0 Å². The maximum atomic E-state index is 12.9. The van der Waals surface area contributed by atoms with Gasteiger partial charge in [-0.1, -0.05) is 29.4 Å². The van der Waals surface area contributed by atoms with Crippen LogP contribution in [0.25, 0.3) is 21.6 Å². The van der Waals surface area contributed by atoms with E-state index in [0.29, 0.717) is 37.9 Å². The summed E-state index contributed by atoms with van der Waals surface area (Å²) in [6.45, 7) is 6.07. The van der Waals surface area contributed by atoms with E-state index in [1.54, 1.807) is 11.3 Å². The number of fused-ring (bicyclic) bond motifs is 1. The van der Waals surface area contributed by atoms with Crippen LogP contribution in [0.15, 0.2) is 52.4 Å². The molecule has 3 aromatic heterocycles. The van der Waals surface area contributed by atoms with Crippen molar-refractivity contribution in [2.75, 3.05) is 26.2 Å². The Kier molecular flexibility index (Phi) is 5.10. The maximum Gasteiger partial charge on any atom is 0.242 e. The molecule has 0 aliphatic carbocycles. The molecule has 4 heterocycles. The topological polar surface area (TPSA) is 67.4 Å². The van der Waals surface area contributed by atoms with E-state index >= 15 is 0 Å². The summed E-state index contributed by atoms with van der Waals surface area (Å²) in [5.41, 5.74) is 2.22. The SMILES string of the molecule is Cc1cc2ccccc2n1CC(=O)N1CCN(Cc2nc(-c3cccs3)no2)CC1. The van der Waals surface area contributed by atoms with Crippen molar-refractivity contribution in [3.63, 3.8) is 0 Å². The summed E-state index contributed by atoms with van der Waals surface area (Å²) in [4.78, 5) is 22.6. The lowest BCUT2D eigenvalue weighted by Crippen LogP contribution is -2.49. The standard InChI is InChI=1S/C22H23N5O2S/c1-16-13-17-5-2-3-6-18(17)27(16)15-21(28)26-10-8-25(9-11-26)14-20-23-22(24-29-20)19-7-4-12-30-19/h2-7,12-13H,8-11,14-15H2,1H3. The van der Waals surface area contributed by atoms with E-state index in [9.17, 15) is 4.79 Å². The summed E-state index contributed by atoms with van der Waals surface area (Å²) >= 11 is 1.60. The molecule has 0 unspecified atom stereocenters. The molecule has 5 rings (SSSR count). The molecular formula is C22H23N5O2S. The molecule has 8 heteroatoms. The van der Waals surface area contributed by atoms with Crippen molar-refractivity contribution >= 4 is 28.1 Å². The number of para-hydroxylation sites is 1. The summed E-state index contributed by atoms with van der Waals surface area (Å²) in [7, 11) is 0. The number of nitrogens with zero attached hydrogens (tertiary/aromatic N) is 5. The fourth-order valence-electron chi connectivity index (χ4n) is 3.97. The second-order valence-electron chi connectivity index (χ2n) is 7.58. The van der Waals surface area contributed by atoms with Crippen molar-refractivity contribution in [1.82, 2.24) is 24.5 Å². The maximum absolute atomic E-state index is 12.9. The van der Waals surface area contributed by atoms with Gasteiger partial charge in [0.1, 0.15) is 6.54 Å². The Morgan fingerprint density at radius 2 is 1.97 bits per heavy atom. The molecule has 0 N–H and O–H groups in total. The predicted molar refractivity (Wildman–Crippen MR) is 116 cm³/mol. The molecule has 1 aliphatic heterocycles. The number of thiophene rings is 1. The molecular weight excluding hydrogens is 398 g/mol. The number of rotatable bonds is 5. The van der Waals surface area contributed by atoms with Crippen molar-refractivity contribution in [1.29, 1.82) is 0 Å². The number of hydrogen-bond donors (Lipinski definition) is 0.